The fraction of sp³-hybridized carbons (Fsp3) is 0.440. The number of amides is 1. The molecule has 0 saturated carbocycles. The number of aromatic amines is 1. The maximum atomic E-state index is 12.3. The molecule has 0 atom stereocenters. The number of carbonyl (C=O) groups excluding carboxylic acids is 1. The van der Waals surface area contributed by atoms with E-state index in [0.29, 0.717) is 32.0 Å². The predicted molar refractivity (Wildman–Crippen MR) is 125 cm³/mol. The van der Waals surface area contributed by atoms with Crippen LogP contribution in [0.3, 0.4) is 0 Å². The van der Waals surface area contributed by atoms with Gasteiger partial charge in [-0.1, -0.05) is 24.3 Å². The van der Waals surface area contributed by atoms with Crippen LogP contribution in [0.5, 0.6) is 5.75 Å². The number of aryl methyl sites for hydroxylation is 1. The van der Waals surface area contributed by atoms with Crippen LogP contribution in [-0.2, 0) is 22.5 Å². The number of imidazole rings is 1. The Morgan fingerprint density at radius 3 is 2.91 bits per heavy atom. The van der Waals surface area contributed by atoms with Crippen molar-refractivity contribution in [3.05, 3.63) is 59.9 Å². The van der Waals surface area contributed by atoms with Gasteiger partial charge < -0.3 is 19.8 Å². The third-order valence-electron chi connectivity index (χ3n) is 5.94. The molecule has 0 spiro atoms. The van der Waals surface area contributed by atoms with E-state index in [1.165, 1.54) is 0 Å². The minimum atomic E-state index is 0.00913. The quantitative estimate of drug-likeness (QED) is 0.510. The number of para-hydroxylation sites is 2. The molecule has 1 fully saturated rings. The highest BCUT2D eigenvalue weighted by Gasteiger charge is 2.18. The lowest BCUT2D eigenvalue weighted by molar-refractivity contribution is -0.121. The second kappa shape index (κ2) is 11.1. The first kappa shape index (κ1) is 22.3. The number of hydrogen-bond acceptors (Lipinski definition) is 5. The first-order valence-corrected chi connectivity index (χ1v) is 11.4. The summed E-state index contributed by atoms with van der Waals surface area (Å²) < 4.78 is 11.4. The molecule has 2 heterocycles. The molecule has 1 aliphatic heterocycles. The Labute approximate surface area is 189 Å². The molecule has 0 bridgehead atoms. The fourth-order valence-corrected chi connectivity index (χ4v) is 4.01. The number of benzene rings is 2. The molecule has 1 saturated heterocycles. The summed E-state index contributed by atoms with van der Waals surface area (Å²) in [6.07, 6.45) is 3.16. The lowest BCUT2D eigenvalue weighted by Gasteiger charge is -2.31. The van der Waals surface area contributed by atoms with Crippen molar-refractivity contribution in [1.29, 1.82) is 0 Å². The zero-order valence-electron chi connectivity index (χ0n) is 18.7. The topological polar surface area (TPSA) is 79.5 Å². The van der Waals surface area contributed by atoms with Crippen molar-refractivity contribution < 1.29 is 14.3 Å². The number of nitrogens with one attached hydrogen (secondary N) is 2. The van der Waals surface area contributed by atoms with Crippen LogP contribution in [0.2, 0.25) is 0 Å². The molecule has 7 nitrogen and oxygen atoms in total. The Morgan fingerprint density at radius 2 is 2.06 bits per heavy atom. The van der Waals surface area contributed by atoms with Gasteiger partial charge in [0.25, 0.3) is 0 Å². The van der Waals surface area contributed by atoms with E-state index in [1.807, 2.05) is 48.5 Å². The van der Waals surface area contributed by atoms with Crippen molar-refractivity contribution in [2.45, 2.75) is 38.3 Å². The number of hydrogen-bond donors (Lipinski definition) is 2. The van der Waals surface area contributed by atoms with Crippen molar-refractivity contribution in [1.82, 2.24) is 20.2 Å². The van der Waals surface area contributed by atoms with Crippen LogP contribution in [0.15, 0.2) is 48.5 Å². The SMILES string of the molecule is CN(CCOc1cccc(CNC(=O)CCc2nc3ccccc3[nH]2)c1)C1CCOCC1. The number of nitrogens with zero attached hydrogens (tertiary/aromatic N) is 2. The summed E-state index contributed by atoms with van der Waals surface area (Å²) >= 11 is 0. The van der Waals surface area contributed by atoms with Crippen molar-refractivity contribution in [3.8, 4) is 5.75 Å². The standard InChI is InChI=1S/C25H32N4O3/c1-29(20-11-14-31-15-12-20)13-16-32-21-6-4-5-19(17-21)18-26-25(30)10-9-24-27-22-7-2-3-8-23(22)28-24/h2-8,17,20H,9-16,18H2,1H3,(H,26,30)(H,27,28). The van der Waals surface area contributed by atoms with Crippen LogP contribution in [-0.4, -0.2) is 60.2 Å². The van der Waals surface area contributed by atoms with Crippen LogP contribution < -0.4 is 10.1 Å². The Morgan fingerprint density at radius 1 is 1.22 bits per heavy atom. The highest BCUT2D eigenvalue weighted by Crippen LogP contribution is 2.16. The fourth-order valence-electron chi connectivity index (χ4n) is 4.01. The van der Waals surface area contributed by atoms with E-state index >= 15 is 0 Å². The summed E-state index contributed by atoms with van der Waals surface area (Å²) in [6.45, 7) is 3.70. The molecule has 4 rings (SSSR count). The molecule has 1 aromatic heterocycles. The smallest absolute Gasteiger partial charge is 0.220 e. The summed E-state index contributed by atoms with van der Waals surface area (Å²) in [6, 6.07) is 16.4. The van der Waals surface area contributed by atoms with Gasteiger partial charge in [-0.15, -0.1) is 0 Å². The number of aromatic nitrogens is 2. The third kappa shape index (κ3) is 6.31. The number of ether oxygens (including phenoxy) is 2. The van der Waals surface area contributed by atoms with Gasteiger partial charge >= 0.3 is 0 Å². The van der Waals surface area contributed by atoms with Gasteiger partial charge in [-0.05, 0) is 49.7 Å². The molecule has 1 amide bonds. The average molecular weight is 437 g/mol. The molecular weight excluding hydrogens is 404 g/mol. The van der Waals surface area contributed by atoms with Gasteiger partial charge in [0.15, 0.2) is 0 Å². The molecule has 3 aromatic rings. The number of likely N-dealkylation sites (N-methyl/N-ethyl adjacent to an activating group) is 1. The lowest BCUT2D eigenvalue weighted by Crippen LogP contribution is -2.38. The van der Waals surface area contributed by atoms with Crippen LogP contribution in [0.4, 0.5) is 0 Å². The summed E-state index contributed by atoms with van der Waals surface area (Å²) in [5.41, 5.74) is 2.95. The normalized spacial score (nSPS) is 14.7. The Hall–Kier alpha value is -2.90. The van der Waals surface area contributed by atoms with E-state index in [-0.39, 0.29) is 5.91 Å². The zero-order chi connectivity index (χ0) is 22.2. The lowest BCUT2D eigenvalue weighted by atomic mass is 10.1. The highest BCUT2D eigenvalue weighted by molar-refractivity contribution is 5.77. The molecule has 0 unspecified atom stereocenters. The van der Waals surface area contributed by atoms with Crippen LogP contribution in [0.25, 0.3) is 11.0 Å². The van der Waals surface area contributed by atoms with Gasteiger partial charge in [-0.25, -0.2) is 4.98 Å². The van der Waals surface area contributed by atoms with E-state index in [4.69, 9.17) is 9.47 Å². The first-order valence-electron chi connectivity index (χ1n) is 11.4. The summed E-state index contributed by atoms with van der Waals surface area (Å²) in [7, 11) is 2.15. The van der Waals surface area contributed by atoms with Gasteiger partial charge in [0.05, 0.1) is 11.0 Å². The maximum Gasteiger partial charge on any atom is 0.220 e. The predicted octanol–water partition coefficient (Wildman–Crippen LogP) is 3.30. The Balaban J connectivity index is 1.18. The van der Waals surface area contributed by atoms with Crippen molar-refractivity contribution in [3.63, 3.8) is 0 Å². The number of carbonyl (C=O) groups is 1. The Kier molecular flexibility index (Phi) is 7.74. The molecule has 1 aliphatic rings. The zero-order valence-corrected chi connectivity index (χ0v) is 18.7. The summed E-state index contributed by atoms with van der Waals surface area (Å²) in [4.78, 5) is 22.4. The molecule has 2 aromatic carbocycles. The van der Waals surface area contributed by atoms with Crippen molar-refractivity contribution >= 4 is 16.9 Å². The average Bonchev–Trinajstić information content (AvgIpc) is 3.25. The van der Waals surface area contributed by atoms with Gasteiger partial charge in [-0.3, -0.25) is 9.69 Å². The van der Waals surface area contributed by atoms with E-state index < -0.39 is 0 Å². The first-order chi connectivity index (χ1) is 15.7. The Bertz CT molecular complexity index is 980. The maximum absolute atomic E-state index is 12.3. The van der Waals surface area contributed by atoms with E-state index in [2.05, 4.69) is 27.2 Å². The molecule has 0 radical (unpaired) electrons. The van der Waals surface area contributed by atoms with E-state index in [1.54, 1.807) is 0 Å². The summed E-state index contributed by atoms with van der Waals surface area (Å²) in [5, 5.41) is 2.99. The minimum Gasteiger partial charge on any atom is -0.492 e. The van der Waals surface area contributed by atoms with E-state index in [9.17, 15) is 4.79 Å². The van der Waals surface area contributed by atoms with Gasteiger partial charge in [0, 0.05) is 45.2 Å². The van der Waals surface area contributed by atoms with Crippen molar-refractivity contribution in [2.75, 3.05) is 33.4 Å². The highest BCUT2D eigenvalue weighted by atomic mass is 16.5. The largest absolute Gasteiger partial charge is 0.492 e. The molecular formula is C25H32N4O3. The van der Waals surface area contributed by atoms with Gasteiger partial charge in [-0.2, -0.15) is 0 Å². The molecule has 7 heteroatoms. The number of fused-ring (bicyclic) bond motifs is 1. The van der Waals surface area contributed by atoms with Crippen LogP contribution >= 0.6 is 0 Å². The number of rotatable bonds is 10. The van der Waals surface area contributed by atoms with Gasteiger partial charge in [0.2, 0.25) is 5.91 Å². The minimum absolute atomic E-state index is 0.00913. The summed E-state index contributed by atoms with van der Waals surface area (Å²) in [5.74, 6) is 1.68. The second-order valence-electron chi connectivity index (χ2n) is 8.30. The van der Waals surface area contributed by atoms with Crippen molar-refractivity contribution in [2.24, 2.45) is 0 Å². The van der Waals surface area contributed by atoms with Gasteiger partial charge in [0.1, 0.15) is 18.2 Å². The van der Waals surface area contributed by atoms with Crippen LogP contribution in [0, 0.1) is 0 Å². The van der Waals surface area contributed by atoms with Crippen LogP contribution in [0.1, 0.15) is 30.7 Å². The number of H-pyrrole nitrogens is 1. The third-order valence-corrected chi connectivity index (χ3v) is 5.94. The van der Waals surface area contributed by atoms with E-state index in [0.717, 1.165) is 60.8 Å². The molecule has 0 aliphatic carbocycles. The monoisotopic (exact) mass is 436 g/mol. The second-order valence-corrected chi connectivity index (χ2v) is 8.30. The molecule has 2 N–H and O–H groups in total. The molecule has 170 valence electrons. The molecule has 32 heavy (non-hydrogen) atoms.